The molecule has 0 bridgehead atoms. The third-order valence-electron chi connectivity index (χ3n) is 6.43. The lowest BCUT2D eigenvalue weighted by molar-refractivity contribution is -0.125. The van der Waals surface area contributed by atoms with Crippen molar-refractivity contribution in [2.24, 2.45) is 5.92 Å². The van der Waals surface area contributed by atoms with Crippen LogP contribution in [0.2, 0.25) is 0 Å². The summed E-state index contributed by atoms with van der Waals surface area (Å²) in [6.07, 6.45) is 11.6. The summed E-state index contributed by atoms with van der Waals surface area (Å²) < 4.78 is 6.07. The predicted octanol–water partition coefficient (Wildman–Crippen LogP) is 4.60. The molecule has 0 radical (unpaired) electrons. The number of rotatable bonds is 5. The second kappa shape index (κ2) is 8.46. The molecule has 2 aliphatic rings. The lowest BCUT2D eigenvalue weighted by Gasteiger charge is -2.32. The van der Waals surface area contributed by atoms with Gasteiger partial charge in [-0.3, -0.25) is 4.79 Å². The van der Waals surface area contributed by atoms with Crippen LogP contribution < -0.4 is 10.2 Å². The van der Waals surface area contributed by atoms with Gasteiger partial charge in [-0.15, -0.1) is 0 Å². The minimum atomic E-state index is 0.0783. The van der Waals surface area contributed by atoms with E-state index in [1.807, 2.05) is 24.3 Å². The largest absolute Gasteiger partial charge is 0.450 e. The number of amides is 1. The van der Waals surface area contributed by atoms with Crippen LogP contribution in [0.1, 0.15) is 44.9 Å². The second-order valence-corrected chi connectivity index (χ2v) is 8.38. The second-order valence-electron chi connectivity index (χ2n) is 8.38. The number of nitrogens with zero attached hydrogens (tertiary/aromatic N) is 3. The molecule has 6 nitrogen and oxygen atoms in total. The number of para-hydroxylation sites is 1. The highest BCUT2D eigenvalue weighted by atomic mass is 16.3. The van der Waals surface area contributed by atoms with Crippen molar-refractivity contribution < 1.29 is 9.21 Å². The van der Waals surface area contributed by atoms with Gasteiger partial charge in [-0.25, -0.2) is 9.97 Å². The Labute approximate surface area is 176 Å². The predicted molar refractivity (Wildman–Crippen MR) is 118 cm³/mol. The number of carbonyl (C=O) groups is 1. The Morgan fingerprint density at radius 1 is 1.17 bits per heavy atom. The van der Waals surface area contributed by atoms with Crippen molar-refractivity contribution in [3.05, 3.63) is 42.2 Å². The van der Waals surface area contributed by atoms with E-state index < -0.39 is 0 Å². The summed E-state index contributed by atoms with van der Waals surface area (Å²) in [5.74, 6) is 1.11. The fourth-order valence-corrected chi connectivity index (χ4v) is 4.71. The van der Waals surface area contributed by atoms with Crippen molar-refractivity contribution >= 4 is 33.8 Å². The first-order chi connectivity index (χ1) is 14.8. The molecule has 1 amide bonds. The van der Waals surface area contributed by atoms with Gasteiger partial charge in [-0.05, 0) is 57.1 Å². The fraction of sp³-hybridized carbons (Fsp3) is 0.458. The molecule has 30 heavy (non-hydrogen) atoms. The first kappa shape index (κ1) is 19.1. The van der Waals surface area contributed by atoms with Gasteiger partial charge in [0.25, 0.3) is 0 Å². The first-order valence-corrected chi connectivity index (χ1v) is 11.1. The molecule has 1 N–H and O–H groups in total. The molecule has 3 heterocycles. The van der Waals surface area contributed by atoms with E-state index in [1.165, 1.54) is 31.3 Å². The van der Waals surface area contributed by atoms with Crippen molar-refractivity contribution in [2.45, 2.75) is 44.9 Å². The number of allylic oxidation sites excluding steroid dienone is 1. The maximum absolute atomic E-state index is 12.6. The maximum Gasteiger partial charge on any atom is 0.223 e. The number of carbonyl (C=O) groups excluding carboxylic acids is 1. The summed E-state index contributed by atoms with van der Waals surface area (Å²) in [6.45, 7) is 2.36. The molecule has 1 aliphatic carbocycles. The van der Waals surface area contributed by atoms with Crippen LogP contribution in [0.3, 0.4) is 0 Å². The highest BCUT2D eigenvalue weighted by Gasteiger charge is 2.27. The van der Waals surface area contributed by atoms with E-state index in [0.717, 1.165) is 66.8 Å². The molecule has 0 saturated carbocycles. The molecular weight excluding hydrogens is 376 g/mol. The average molecular weight is 405 g/mol. The van der Waals surface area contributed by atoms with Crippen LogP contribution >= 0.6 is 0 Å². The van der Waals surface area contributed by atoms with Crippen LogP contribution in [0.4, 0.5) is 5.82 Å². The molecule has 1 fully saturated rings. The number of piperidine rings is 1. The van der Waals surface area contributed by atoms with Gasteiger partial charge < -0.3 is 14.6 Å². The number of aromatic nitrogens is 2. The molecule has 2 aromatic heterocycles. The van der Waals surface area contributed by atoms with Gasteiger partial charge in [0, 0.05) is 30.9 Å². The van der Waals surface area contributed by atoms with Crippen molar-refractivity contribution in [1.82, 2.24) is 15.3 Å². The minimum absolute atomic E-state index is 0.0783. The molecule has 5 rings (SSSR count). The van der Waals surface area contributed by atoms with Gasteiger partial charge >= 0.3 is 0 Å². The van der Waals surface area contributed by atoms with Crippen LogP contribution in [0.15, 0.2) is 46.7 Å². The van der Waals surface area contributed by atoms with Gasteiger partial charge in [0.15, 0.2) is 11.4 Å². The fourth-order valence-electron chi connectivity index (χ4n) is 4.71. The van der Waals surface area contributed by atoms with Crippen molar-refractivity contribution in [3.63, 3.8) is 0 Å². The lowest BCUT2D eigenvalue weighted by atomic mass is 9.95. The van der Waals surface area contributed by atoms with Gasteiger partial charge in [0.1, 0.15) is 17.4 Å². The Bertz CT molecular complexity index is 1080. The van der Waals surface area contributed by atoms with E-state index >= 15 is 0 Å². The third kappa shape index (κ3) is 3.78. The highest BCUT2D eigenvalue weighted by molar-refractivity contribution is 6.05. The van der Waals surface area contributed by atoms with E-state index in [9.17, 15) is 4.79 Å². The van der Waals surface area contributed by atoms with E-state index in [1.54, 1.807) is 6.33 Å². The molecular formula is C24H28N4O2. The average Bonchev–Trinajstić information content (AvgIpc) is 3.19. The number of fused-ring (bicyclic) bond motifs is 3. The molecule has 0 spiro atoms. The normalized spacial score (nSPS) is 18.0. The van der Waals surface area contributed by atoms with Crippen LogP contribution in [-0.2, 0) is 4.79 Å². The Kier molecular flexibility index (Phi) is 5.39. The Morgan fingerprint density at radius 2 is 2.03 bits per heavy atom. The van der Waals surface area contributed by atoms with E-state index in [-0.39, 0.29) is 11.8 Å². The number of benzene rings is 1. The zero-order valence-electron chi connectivity index (χ0n) is 17.3. The van der Waals surface area contributed by atoms with Crippen LogP contribution in [0.5, 0.6) is 0 Å². The summed E-state index contributed by atoms with van der Waals surface area (Å²) in [5, 5.41) is 4.17. The molecule has 6 heteroatoms. The van der Waals surface area contributed by atoms with Crippen LogP contribution in [0, 0.1) is 5.92 Å². The zero-order valence-corrected chi connectivity index (χ0v) is 17.3. The van der Waals surface area contributed by atoms with E-state index in [2.05, 4.69) is 26.3 Å². The number of nitrogens with one attached hydrogen (secondary N) is 1. The molecule has 1 aromatic carbocycles. The number of furan rings is 1. The van der Waals surface area contributed by atoms with Crippen LogP contribution in [0.25, 0.3) is 22.1 Å². The molecule has 3 aromatic rings. The Morgan fingerprint density at radius 3 is 2.87 bits per heavy atom. The number of hydrogen-bond acceptors (Lipinski definition) is 5. The van der Waals surface area contributed by atoms with Crippen molar-refractivity contribution in [1.29, 1.82) is 0 Å². The summed E-state index contributed by atoms with van der Waals surface area (Å²) in [5.41, 5.74) is 3.93. The molecule has 1 aliphatic heterocycles. The van der Waals surface area contributed by atoms with Crippen molar-refractivity contribution in [3.8, 4) is 0 Å². The van der Waals surface area contributed by atoms with Gasteiger partial charge in [-0.2, -0.15) is 0 Å². The standard InChI is InChI=1S/C24H28N4O2/c29-24(25-13-10-17-6-2-1-3-7-17)18-11-14-28(15-12-18)23-22-21(26-16-27-23)19-8-4-5-9-20(19)30-22/h4-6,8-9,16,18H,1-3,7,10-15H2,(H,25,29). The van der Waals surface area contributed by atoms with Gasteiger partial charge in [0.2, 0.25) is 5.91 Å². The SMILES string of the molecule is O=C(NCCC1=CCCCC1)C1CCN(c2ncnc3c2oc2ccccc23)CC1. The highest BCUT2D eigenvalue weighted by Crippen LogP contribution is 2.33. The van der Waals surface area contributed by atoms with Crippen molar-refractivity contribution in [2.75, 3.05) is 24.5 Å². The maximum atomic E-state index is 12.6. The summed E-state index contributed by atoms with van der Waals surface area (Å²) in [4.78, 5) is 23.8. The molecule has 0 atom stereocenters. The topological polar surface area (TPSA) is 71.3 Å². The Balaban J connectivity index is 1.21. The smallest absolute Gasteiger partial charge is 0.223 e. The minimum Gasteiger partial charge on any atom is -0.450 e. The summed E-state index contributed by atoms with van der Waals surface area (Å²) in [6, 6.07) is 7.94. The van der Waals surface area contributed by atoms with Crippen LogP contribution in [-0.4, -0.2) is 35.5 Å². The summed E-state index contributed by atoms with van der Waals surface area (Å²) >= 11 is 0. The molecule has 156 valence electrons. The van der Waals surface area contributed by atoms with E-state index in [0.29, 0.717) is 0 Å². The number of hydrogen-bond donors (Lipinski definition) is 1. The van der Waals surface area contributed by atoms with E-state index in [4.69, 9.17) is 4.42 Å². The first-order valence-electron chi connectivity index (χ1n) is 11.1. The van der Waals surface area contributed by atoms with Gasteiger partial charge in [-0.1, -0.05) is 23.8 Å². The summed E-state index contributed by atoms with van der Waals surface area (Å²) in [7, 11) is 0. The van der Waals surface area contributed by atoms with Gasteiger partial charge in [0.05, 0.1) is 0 Å². The zero-order chi connectivity index (χ0) is 20.3. The quantitative estimate of drug-likeness (QED) is 0.629. The number of anilines is 1. The lowest BCUT2D eigenvalue weighted by Crippen LogP contribution is -2.41. The molecule has 0 unspecified atom stereocenters. The third-order valence-corrected chi connectivity index (χ3v) is 6.43. The molecule has 1 saturated heterocycles. The monoisotopic (exact) mass is 404 g/mol. The Hall–Kier alpha value is -2.89.